The van der Waals surface area contributed by atoms with Crippen LogP contribution in [0.4, 0.5) is 0 Å². The summed E-state index contributed by atoms with van der Waals surface area (Å²) in [5, 5.41) is 0. The summed E-state index contributed by atoms with van der Waals surface area (Å²) in [4.78, 5) is 10.6. The lowest BCUT2D eigenvalue weighted by Gasteiger charge is -2.22. The molecule has 0 bridgehead atoms. The Labute approximate surface area is 140 Å². The maximum Gasteiger partial charge on any atom is 0.157 e. The van der Waals surface area contributed by atoms with E-state index < -0.39 is 0 Å². The number of rotatable bonds is 11. The van der Waals surface area contributed by atoms with E-state index in [0.29, 0.717) is 0 Å². The summed E-state index contributed by atoms with van der Waals surface area (Å²) in [6, 6.07) is 7.93. The van der Waals surface area contributed by atoms with E-state index in [1.807, 2.05) is 12.1 Å². The molecule has 0 N–H and O–H groups in total. The Hall–Kier alpha value is -1.19. The summed E-state index contributed by atoms with van der Waals surface area (Å²) in [6.45, 7) is 1.70. The van der Waals surface area contributed by atoms with Gasteiger partial charge in [0.15, 0.2) is 6.29 Å². The fourth-order valence-electron chi connectivity index (χ4n) is 2.96. The number of hydrogen-bond acceptors (Lipinski definition) is 3. The Balaban J connectivity index is 1.39. The lowest BCUT2D eigenvalue weighted by molar-refractivity contribution is -0.162. The van der Waals surface area contributed by atoms with E-state index in [2.05, 4.69) is 12.1 Å². The van der Waals surface area contributed by atoms with Gasteiger partial charge < -0.3 is 9.47 Å². The highest BCUT2D eigenvalue weighted by atomic mass is 16.7. The molecule has 0 amide bonds. The molecule has 1 heterocycles. The summed E-state index contributed by atoms with van der Waals surface area (Å²) < 4.78 is 11.3. The van der Waals surface area contributed by atoms with Crippen LogP contribution in [0.15, 0.2) is 24.3 Å². The number of benzene rings is 1. The fraction of sp³-hybridized carbons (Fsp3) is 0.650. The molecule has 128 valence electrons. The van der Waals surface area contributed by atoms with Crippen molar-refractivity contribution in [2.75, 3.05) is 13.2 Å². The van der Waals surface area contributed by atoms with Crippen LogP contribution in [0.1, 0.15) is 73.7 Å². The Morgan fingerprint density at radius 1 is 1.00 bits per heavy atom. The van der Waals surface area contributed by atoms with Crippen molar-refractivity contribution >= 4 is 6.29 Å². The average molecular weight is 318 g/mol. The Kier molecular flexibility index (Phi) is 8.97. The van der Waals surface area contributed by atoms with Crippen LogP contribution < -0.4 is 0 Å². The first-order valence-electron chi connectivity index (χ1n) is 9.16. The van der Waals surface area contributed by atoms with Gasteiger partial charge in [-0.15, -0.1) is 0 Å². The molecule has 0 saturated carbocycles. The van der Waals surface area contributed by atoms with Crippen molar-refractivity contribution in [1.29, 1.82) is 0 Å². The highest BCUT2D eigenvalue weighted by Crippen LogP contribution is 2.15. The van der Waals surface area contributed by atoms with Crippen LogP contribution in [0.25, 0.3) is 0 Å². The van der Waals surface area contributed by atoms with E-state index in [1.165, 1.54) is 50.5 Å². The molecule has 1 aromatic carbocycles. The van der Waals surface area contributed by atoms with Crippen molar-refractivity contribution in [3.63, 3.8) is 0 Å². The van der Waals surface area contributed by atoms with Crippen molar-refractivity contribution in [2.24, 2.45) is 0 Å². The molecule has 1 aliphatic rings. The summed E-state index contributed by atoms with van der Waals surface area (Å²) in [5.74, 6) is 0. The molecular weight excluding hydrogens is 288 g/mol. The van der Waals surface area contributed by atoms with Gasteiger partial charge in [-0.3, -0.25) is 4.79 Å². The minimum atomic E-state index is 0.0642. The molecule has 0 aromatic heterocycles. The molecule has 23 heavy (non-hydrogen) atoms. The third-order valence-corrected chi connectivity index (χ3v) is 4.42. The molecule has 0 spiro atoms. The first kappa shape index (κ1) is 18.2. The quantitative estimate of drug-likeness (QED) is 0.429. The third kappa shape index (κ3) is 7.76. The number of carbonyl (C=O) groups excluding carboxylic acids is 1. The highest BCUT2D eigenvalue weighted by molar-refractivity contribution is 5.74. The minimum Gasteiger partial charge on any atom is -0.353 e. The fourth-order valence-corrected chi connectivity index (χ4v) is 2.96. The summed E-state index contributed by atoms with van der Waals surface area (Å²) in [5.41, 5.74) is 2.09. The molecule has 3 nitrogen and oxygen atoms in total. The van der Waals surface area contributed by atoms with E-state index in [4.69, 9.17) is 9.47 Å². The van der Waals surface area contributed by atoms with E-state index >= 15 is 0 Å². The number of carbonyl (C=O) groups is 1. The summed E-state index contributed by atoms with van der Waals surface area (Å²) in [7, 11) is 0. The molecule has 0 radical (unpaired) electrons. The molecule has 1 atom stereocenters. The van der Waals surface area contributed by atoms with Crippen molar-refractivity contribution in [3.05, 3.63) is 35.4 Å². The molecule has 0 aliphatic carbocycles. The van der Waals surface area contributed by atoms with Gasteiger partial charge >= 0.3 is 0 Å². The van der Waals surface area contributed by atoms with E-state index in [1.54, 1.807) is 0 Å². The lowest BCUT2D eigenvalue weighted by atomic mass is 10.0. The first-order chi connectivity index (χ1) is 11.4. The van der Waals surface area contributed by atoms with Crippen LogP contribution in [0.2, 0.25) is 0 Å². The van der Waals surface area contributed by atoms with Crippen LogP contribution in [-0.2, 0) is 15.9 Å². The van der Waals surface area contributed by atoms with Crippen LogP contribution in [0.5, 0.6) is 0 Å². The van der Waals surface area contributed by atoms with E-state index in [9.17, 15) is 4.79 Å². The number of ether oxygens (including phenoxy) is 2. The maximum absolute atomic E-state index is 10.6. The van der Waals surface area contributed by atoms with Crippen LogP contribution in [0.3, 0.4) is 0 Å². The maximum atomic E-state index is 10.6. The third-order valence-electron chi connectivity index (χ3n) is 4.42. The molecule has 1 aliphatic heterocycles. The Morgan fingerprint density at radius 2 is 1.74 bits per heavy atom. The van der Waals surface area contributed by atoms with Gasteiger partial charge in [0.1, 0.15) is 6.29 Å². The Morgan fingerprint density at radius 3 is 2.43 bits per heavy atom. The van der Waals surface area contributed by atoms with Crippen molar-refractivity contribution < 1.29 is 14.3 Å². The van der Waals surface area contributed by atoms with Gasteiger partial charge in [-0.2, -0.15) is 0 Å². The zero-order valence-electron chi connectivity index (χ0n) is 14.2. The van der Waals surface area contributed by atoms with Crippen LogP contribution >= 0.6 is 0 Å². The second-order valence-corrected chi connectivity index (χ2v) is 6.40. The highest BCUT2D eigenvalue weighted by Gasteiger charge is 2.13. The lowest BCUT2D eigenvalue weighted by Crippen LogP contribution is -2.22. The number of hydrogen-bond donors (Lipinski definition) is 0. The standard InChI is InChI=1S/C20H30O3/c21-17-19-13-11-18(12-14-19)9-5-3-1-2-4-7-15-22-20-10-6-8-16-23-20/h11-14,17,20H,1-10,15-16H2. The predicted octanol–water partition coefficient (Wildman–Crippen LogP) is 4.93. The first-order valence-corrected chi connectivity index (χ1v) is 9.16. The van der Waals surface area contributed by atoms with Gasteiger partial charge in [-0.1, -0.05) is 49.9 Å². The van der Waals surface area contributed by atoms with Crippen LogP contribution in [0, 0.1) is 0 Å². The van der Waals surface area contributed by atoms with Gasteiger partial charge in [0.25, 0.3) is 0 Å². The van der Waals surface area contributed by atoms with Gasteiger partial charge in [-0.05, 0) is 44.1 Å². The number of unbranched alkanes of at least 4 members (excludes halogenated alkanes) is 5. The van der Waals surface area contributed by atoms with Gasteiger partial charge in [0.2, 0.25) is 0 Å². The zero-order valence-corrected chi connectivity index (χ0v) is 14.2. The predicted molar refractivity (Wildman–Crippen MR) is 92.8 cm³/mol. The monoisotopic (exact) mass is 318 g/mol. The van der Waals surface area contributed by atoms with E-state index in [-0.39, 0.29) is 6.29 Å². The number of aldehydes is 1. The van der Waals surface area contributed by atoms with Crippen molar-refractivity contribution in [3.8, 4) is 0 Å². The Bertz CT molecular complexity index is 421. The van der Waals surface area contributed by atoms with E-state index in [0.717, 1.165) is 44.3 Å². The average Bonchev–Trinajstić information content (AvgIpc) is 2.61. The zero-order chi connectivity index (χ0) is 16.2. The normalized spacial score (nSPS) is 18.0. The smallest absolute Gasteiger partial charge is 0.157 e. The molecule has 3 heteroatoms. The van der Waals surface area contributed by atoms with Crippen molar-refractivity contribution in [2.45, 2.75) is 70.5 Å². The SMILES string of the molecule is O=Cc1ccc(CCCCCCCCOC2CCCCO2)cc1. The van der Waals surface area contributed by atoms with Crippen molar-refractivity contribution in [1.82, 2.24) is 0 Å². The number of aryl methyl sites for hydroxylation is 1. The molecular formula is C20H30O3. The molecule has 1 fully saturated rings. The summed E-state index contributed by atoms with van der Waals surface area (Å²) in [6.07, 6.45) is 13.1. The summed E-state index contributed by atoms with van der Waals surface area (Å²) >= 11 is 0. The molecule has 2 rings (SSSR count). The van der Waals surface area contributed by atoms with Gasteiger partial charge in [0, 0.05) is 18.8 Å². The largest absolute Gasteiger partial charge is 0.353 e. The molecule has 1 aromatic rings. The van der Waals surface area contributed by atoms with Crippen LogP contribution in [-0.4, -0.2) is 25.8 Å². The molecule has 1 saturated heterocycles. The van der Waals surface area contributed by atoms with Gasteiger partial charge in [-0.25, -0.2) is 0 Å². The molecule has 1 unspecified atom stereocenters. The topological polar surface area (TPSA) is 35.5 Å². The second kappa shape index (κ2) is 11.4. The second-order valence-electron chi connectivity index (χ2n) is 6.40. The van der Waals surface area contributed by atoms with Gasteiger partial charge in [0.05, 0.1) is 0 Å². The minimum absolute atomic E-state index is 0.0642.